The van der Waals surface area contributed by atoms with Crippen LogP contribution in [0.4, 0.5) is 5.69 Å². The van der Waals surface area contributed by atoms with Crippen LogP contribution in [0.2, 0.25) is 0 Å². The first-order valence-electron chi connectivity index (χ1n) is 6.78. The molecule has 1 heterocycles. The highest BCUT2D eigenvalue weighted by atomic mass is 79.9. The van der Waals surface area contributed by atoms with E-state index in [-0.39, 0.29) is 18.7 Å². The molecule has 7 heteroatoms. The fourth-order valence-corrected chi connectivity index (χ4v) is 2.10. The summed E-state index contributed by atoms with van der Waals surface area (Å²) in [6.07, 6.45) is 2.59. The number of hydrogen-bond acceptors (Lipinski definition) is 5. The summed E-state index contributed by atoms with van der Waals surface area (Å²) in [4.78, 5) is 14.2. The molecule has 0 aromatic carbocycles. The summed E-state index contributed by atoms with van der Waals surface area (Å²) in [5, 5.41) is 16.1. The maximum atomic E-state index is 11.9. The van der Waals surface area contributed by atoms with Crippen LogP contribution < -0.4 is 10.9 Å². The second kappa shape index (κ2) is 8.39. The van der Waals surface area contributed by atoms with E-state index in [0.29, 0.717) is 16.2 Å². The van der Waals surface area contributed by atoms with Crippen LogP contribution in [0.5, 0.6) is 0 Å². The van der Waals surface area contributed by atoms with Crippen molar-refractivity contribution in [3.05, 3.63) is 21.0 Å². The SMILES string of the molecule is CC(C)N(C)CCCNc1cnn(CCO)c(=O)c1Br. The average Bonchev–Trinajstić information content (AvgIpc) is 2.41. The monoisotopic (exact) mass is 346 g/mol. The minimum absolute atomic E-state index is 0.104. The van der Waals surface area contributed by atoms with Crippen LogP contribution in [0.3, 0.4) is 0 Å². The fourth-order valence-electron chi connectivity index (χ4n) is 1.65. The molecule has 1 rings (SSSR count). The second-order valence-corrected chi connectivity index (χ2v) is 5.77. The molecule has 0 fully saturated rings. The van der Waals surface area contributed by atoms with Crippen molar-refractivity contribution in [3.63, 3.8) is 0 Å². The Morgan fingerprint density at radius 1 is 1.55 bits per heavy atom. The van der Waals surface area contributed by atoms with E-state index in [1.54, 1.807) is 6.20 Å². The van der Waals surface area contributed by atoms with Crippen LogP contribution in [0.15, 0.2) is 15.5 Å². The summed E-state index contributed by atoms with van der Waals surface area (Å²) in [6.45, 7) is 6.20. The molecule has 6 nitrogen and oxygen atoms in total. The van der Waals surface area contributed by atoms with Crippen molar-refractivity contribution in [1.29, 1.82) is 0 Å². The van der Waals surface area contributed by atoms with Gasteiger partial charge in [-0.15, -0.1) is 0 Å². The van der Waals surface area contributed by atoms with Crippen LogP contribution in [0, 0.1) is 0 Å². The Kier molecular flexibility index (Phi) is 7.18. The molecule has 0 aliphatic carbocycles. The number of aliphatic hydroxyl groups is 1. The van der Waals surface area contributed by atoms with Crippen LogP contribution in [0.1, 0.15) is 20.3 Å². The molecule has 0 spiro atoms. The Labute approximate surface area is 127 Å². The quantitative estimate of drug-likeness (QED) is 0.690. The first-order chi connectivity index (χ1) is 9.47. The number of nitrogens with zero attached hydrogens (tertiary/aromatic N) is 3. The van der Waals surface area contributed by atoms with Crippen LogP contribution in [0.25, 0.3) is 0 Å². The standard InChI is InChI=1S/C13H23BrN4O2/c1-10(2)17(3)6-4-5-15-11-9-16-18(7-8-19)13(20)12(11)14/h9-10,15,19H,4-8H2,1-3H3. The smallest absolute Gasteiger partial charge is 0.283 e. The van der Waals surface area contributed by atoms with E-state index in [1.165, 1.54) is 4.68 Å². The maximum absolute atomic E-state index is 11.9. The summed E-state index contributed by atoms with van der Waals surface area (Å²) in [7, 11) is 2.10. The number of aromatic nitrogens is 2. The minimum atomic E-state index is -0.233. The lowest BCUT2D eigenvalue weighted by Crippen LogP contribution is -2.29. The highest BCUT2D eigenvalue weighted by Gasteiger charge is 2.08. The molecule has 0 saturated carbocycles. The van der Waals surface area contributed by atoms with Crippen LogP contribution in [-0.2, 0) is 6.54 Å². The van der Waals surface area contributed by atoms with Crippen molar-refractivity contribution in [1.82, 2.24) is 14.7 Å². The second-order valence-electron chi connectivity index (χ2n) is 4.98. The predicted octanol–water partition coefficient (Wildman–Crippen LogP) is 1.14. The van der Waals surface area contributed by atoms with Crippen molar-refractivity contribution in [2.24, 2.45) is 0 Å². The van der Waals surface area contributed by atoms with Gasteiger partial charge in [0.1, 0.15) is 4.47 Å². The first-order valence-corrected chi connectivity index (χ1v) is 7.57. The highest BCUT2D eigenvalue weighted by Crippen LogP contribution is 2.15. The molecule has 0 bridgehead atoms. The highest BCUT2D eigenvalue weighted by molar-refractivity contribution is 9.10. The van der Waals surface area contributed by atoms with E-state index >= 15 is 0 Å². The Morgan fingerprint density at radius 2 is 2.25 bits per heavy atom. The molecular weight excluding hydrogens is 324 g/mol. The third-order valence-corrected chi connectivity index (χ3v) is 3.95. The van der Waals surface area contributed by atoms with Gasteiger partial charge in [0.2, 0.25) is 0 Å². The van der Waals surface area contributed by atoms with Gasteiger partial charge in [-0.2, -0.15) is 5.10 Å². The van der Waals surface area contributed by atoms with Gasteiger partial charge in [-0.1, -0.05) is 0 Å². The molecule has 0 radical (unpaired) electrons. The number of rotatable bonds is 8. The Hall–Kier alpha value is -0.920. The van der Waals surface area contributed by atoms with Gasteiger partial charge < -0.3 is 15.3 Å². The van der Waals surface area contributed by atoms with Crippen molar-refractivity contribution < 1.29 is 5.11 Å². The van der Waals surface area contributed by atoms with Crippen molar-refractivity contribution in [2.45, 2.75) is 32.9 Å². The van der Waals surface area contributed by atoms with Crippen molar-refractivity contribution in [2.75, 3.05) is 32.1 Å². The number of halogens is 1. The van der Waals surface area contributed by atoms with E-state index < -0.39 is 0 Å². The van der Waals surface area contributed by atoms with E-state index in [0.717, 1.165) is 19.5 Å². The van der Waals surface area contributed by atoms with Gasteiger partial charge in [0, 0.05) is 12.6 Å². The largest absolute Gasteiger partial charge is 0.394 e. The van der Waals surface area contributed by atoms with Crippen LogP contribution in [-0.4, -0.2) is 52.6 Å². The van der Waals surface area contributed by atoms with E-state index in [4.69, 9.17) is 5.11 Å². The van der Waals surface area contributed by atoms with E-state index in [2.05, 4.69) is 52.1 Å². The van der Waals surface area contributed by atoms with E-state index in [1.807, 2.05) is 0 Å². The van der Waals surface area contributed by atoms with E-state index in [9.17, 15) is 4.79 Å². The summed E-state index contributed by atoms with van der Waals surface area (Å²) in [5.41, 5.74) is 0.458. The summed E-state index contributed by atoms with van der Waals surface area (Å²) in [6, 6.07) is 0.533. The molecular formula is C13H23BrN4O2. The molecule has 0 unspecified atom stereocenters. The zero-order valence-electron chi connectivity index (χ0n) is 12.3. The summed E-state index contributed by atoms with van der Waals surface area (Å²) < 4.78 is 1.69. The lowest BCUT2D eigenvalue weighted by molar-refractivity contribution is 0.266. The normalized spacial score (nSPS) is 11.3. The van der Waals surface area contributed by atoms with Gasteiger partial charge in [-0.05, 0) is 49.8 Å². The molecule has 0 aliphatic rings. The third kappa shape index (κ3) is 4.88. The lowest BCUT2D eigenvalue weighted by Gasteiger charge is -2.20. The van der Waals surface area contributed by atoms with Gasteiger partial charge >= 0.3 is 0 Å². The average molecular weight is 347 g/mol. The number of hydrogen-bond donors (Lipinski definition) is 2. The predicted molar refractivity (Wildman–Crippen MR) is 84.2 cm³/mol. The molecule has 0 amide bonds. The molecule has 0 atom stereocenters. The molecule has 0 aliphatic heterocycles. The Morgan fingerprint density at radius 3 is 2.85 bits per heavy atom. The van der Waals surface area contributed by atoms with Crippen molar-refractivity contribution in [3.8, 4) is 0 Å². The van der Waals surface area contributed by atoms with Gasteiger partial charge in [-0.25, -0.2) is 4.68 Å². The number of aliphatic hydroxyl groups excluding tert-OH is 1. The zero-order valence-corrected chi connectivity index (χ0v) is 13.9. The molecule has 1 aromatic rings. The Balaban J connectivity index is 2.53. The zero-order chi connectivity index (χ0) is 15.1. The van der Waals surface area contributed by atoms with Gasteiger partial charge in [0.25, 0.3) is 5.56 Å². The third-order valence-electron chi connectivity index (χ3n) is 3.18. The Bertz CT molecular complexity index is 476. The summed E-state index contributed by atoms with van der Waals surface area (Å²) >= 11 is 3.28. The van der Waals surface area contributed by atoms with Crippen LogP contribution >= 0.6 is 15.9 Å². The number of nitrogens with one attached hydrogen (secondary N) is 1. The van der Waals surface area contributed by atoms with Gasteiger partial charge in [-0.3, -0.25) is 4.79 Å². The van der Waals surface area contributed by atoms with Gasteiger partial charge in [0.05, 0.1) is 25.0 Å². The minimum Gasteiger partial charge on any atom is -0.394 e. The molecule has 114 valence electrons. The maximum Gasteiger partial charge on any atom is 0.283 e. The molecule has 2 N–H and O–H groups in total. The fraction of sp³-hybridized carbons (Fsp3) is 0.692. The molecule has 20 heavy (non-hydrogen) atoms. The lowest BCUT2D eigenvalue weighted by atomic mass is 10.3. The number of anilines is 1. The molecule has 0 saturated heterocycles. The molecule has 1 aromatic heterocycles. The van der Waals surface area contributed by atoms with Gasteiger partial charge in [0.15, 0.2) is 0 Å². The first kappa shape index (κ1) is 17.1. The van der Waals surface area contributed by atoms with Crippen molar-refractivity contribution >= 4 is 21.6 Å². The topological polar surface area (TPSA) is 70.4 Å². The summed E-state index contributed by atoms with van der Waals surface area (Å²) in [5.74, 6) is 0.